The highest BCUT2D eigenvalue weighted by Crippen LogP contribution is 2.18. The molecule has 18 heavy (non-hydrogen) atoms. The Balaban J connectivity index is 2.36. The first-order chi connectivity index (χ1) is 8.60. The minimum absolute atomic E-state index is 0.0550. The maximum absolute atomic E-state index is 11.7. The van der Waals surface area contributed by atoms with E-state index >= 15 is 0 Å². The zero-order valence-corrected chi connectivity index (χ0v) is 11.5. The molecule has 0 bridgehead atoms. The van der Waals surface area contributed by atoms with E-state index in [1.54, 1.807) is 16.3 Å². The molecule has 0 spiro atoms. The van der Waals surface area contributed by atoms with Crippen LogP contribution in [-0.4, -0.2) is 36.3 Å². The van der Waals surface area contributed by atoms with Gasteiger partial charge in [-0.25, -0.2) is 0 Å². The summed E-state index contributed by atoms with van der Waals surface area (Å²) in [6.07, 6.45) is 0.318. The van der Waals surface area contributed by atoms with Gasteiger partial charge in [0, 0.05) is 26.1 Å². The first-order valence-electron chi connectivity index (χ1n) is 5.99. The van der Waals surface area contributed by atoms with E-state index in [1.807, 2.05) is 13.8 Å². The van der Waals surface area contributed by atoms with Crippen molar-refractivity contribution in [3.63, 3.8) is 0 Å². The summed E-state index contributed by atoms with van der Waals surface area (Å²) >= 11 is 1.30. The first-order valence-corrected chi connectivity index (χ1v) is 6.87. The van der Waals surface area contributed by atoms with Crippen molar-refractivity contribution in [1.29, 1.82) is 0 Å². The van der Waals surface area contributed by atoms with Gasteiger partial charge >= 0.3 is 0 Å². The number of thiophene rings is 1. The lowest BCUT2D eigenvalue weighted by Crippen LogP contribution is -2.34. The third-order valence-electron chi connectivity index (χ3n) is 2.64. The standard InChI is InChI=1S/C12H19N3O2S/c1-3-15(4-2)10(16)5-7-14-12(17)11-9(13)6-8-18-11/h6,8H,3-5,7,13H2,1-2H3,(H,14,17). The zero-order valence-electron chi connectivity index (χ0n) is 10.7. The van der Waals surface area contributed by atoms with Crippen molar-refractivity contribution in [2.45, 2.75) is 20.3 Å². The predicted octanol–water partition coefficient (Wildman–Crippen LogP) is 1.32. The van der Waals surface area contributed by atoms with Gasteiger partial charge in [-0.05, 0) is 25.3 Å². The van der Waals surface area contributed by atoms with Crippen LogP contribution in [0, 0.1) is 0 Å². The van der Waals surface area contributed by atoms with Gasteiger partial charge in [-0.2, -0.15) is 0 Å². The summed E-state index contributed by atoms with van der Waals surface area (Å²) in [6.45, 7) is 5.60. The average molecular weight is 269 g/mol. The van der Waals surface area contributed by atoms with Crippen LogP contribution in [-0.2, 0) is 4.79 Å². The Morgan fingerprint density at radius 2 is 2.06 bits per heavy atom. The number of amides is 2. The van der Waals surface area contributed by atoms with E-state index in [9.17, 15) is 9.59 Å². The molecule has 100 valence electrons. The topological polar surface area (TPSA) is 75.4 Å². The first kappa shape index (κ1) is 14.5. The molecular weight excluding hydrogens is 250 g/mol. The fraction of sp³-hybridized carbons (Fsp3) is 0.500. The third-order valence-corrected chi connectivity index (χ3v) is 3.57. The largest absolute Gasteiger partial charge is 0.397 e. The van der Waals surface area contributed by atoms with Crippen LogP contribution < -0.4 is 11.1 Å². The molecule has 0 aliphatic heterocycles. The molecule has 1 rings (SSSR count). The monoisotopic (exact) mass is 269 g/mol. The molecule has 3 N–H and O–H groups in total. The molecule has 6 heteroatoms. The van der Waals surface area contributed by atoms with Gasteiger partial charge in [0.1, 0.15) is 4.88 Å². The van der Waals surface area contributed by atoms with Gasteiger partial charge in [0.05, 0.1) is 5.69 Å². The van der Waals surface area contributed by atoms with Gasteiger partial charge in [-0.15, -0.1) is 11.3 Å². The molecule has 2 amide bonds. The summed E-state index contributed by atoms with van der Waals surface area (Å²) in [5.74, 6) is -0.158. The second kappa shape index (κ2) is 7.00. The molecule has 1 heterocycles. The van der Waals surface area contributed by atoms with Gasteiger partial charge < -0.3 is 16.0 Å². The molecule has 1 aromatic rings. The van der Waals surface area contributed by atoms with E-state index in [1.165, 1.54) is 11.3 Å². The molecule has 1 aromatic heterocycles. The summed E-state index contributed by atoms with van der Waals surface area (Å²) in [6, 6.07) is 1.70. The summed E-state index contributed by atoms with van der Waals surface area (Å²) in [5, 5.41) is 4.47. The highest BCUT2D eigenvalue weighted by molar-refractivity contribution is 7.12. The number of carbonyl (C=O) groups excluding carboxylic acids is 2. The van der Waals surface area contributed by atoms with Crippen molar-refractivity contribution in [2.24, 2.45) is 0 Å². The molecule has 0 radical (unpaired) electrons. The van der Waals surface area contributed by atoms with E-state index in [0.717, 1.165) is 0 Å². The van der Waals surface area contributed by atoms with Crippen LogP contribution in [0.3, 0.4) is 0 Å². The molecular formula is C12H19N3O2S. The number of carbonyl (C=O) groups is 2. The number of anilines is 1. The van der Waals surface area contributed by atoms with Gasteiger partial charge in [-0.1, -0.05) is 0 Å². The van der Waals surface area contributed by atoms with Crippen molar-refractivity contribution in [3.05, 3.63) is 16.3 Å². The van der Waals surface area contributed by atoms with Crippen LogP contribution >= 0.6 is 11.3 Å². The molecule has 0 atom stereocenters. The Labute approximate surface area is 111 Å². The van der Waals surface area contributed by atoms with Crippen LogP contribution in [0.1, 0.15) is 29.9 Å². The molecule has 0 unspecified atom stereocenters. The van der Waals surface area contributed by atoms with Gasteiger partial charge in [-0.3, -0.25) is 9.59 Å². The smallest absolute Gasteiger partial charge is 0.263 e. The average Bonchev–Trinajstić information content (AvgIpc) is 2.77. The Hall–Kier alpha value is -1.56. The lowest BCUT2D eigenvalue weighted by molar-refractivity contribution is -0.130. The van der Waals surface area contributed by atoms with E-state index < -0.39 is 0 Å². The Bertz CT molecular complexity index is 413. The number of nitrogen functional groups attached to an aromatic ring is 1. The van der Waals surface area contributed by atoms with Crippen molar-refractivity contribution >= 4 is 28.8 Å². The molecule has 0 fully saturated rings. The Morgan fingerprint density at radius 3 is 2.56 bits per heavy atom. The van der Waals surface area contributed by atoms with Crippen LogP contribution in [0.25, 0.3) is 0 Å². The SMILES string of the molecule is CCN(CC)C(=O)CCNC(=O)c1sccc1N. The fourth-order valence-corrected chi connectivity index (χ4v) is 2.34. The van der Waals surface area contributed by atoms with E-state index in [-0.39, 0.29) is 11.8 Å². The second-order valence-corrected chi connectivity index (χ2v) is 4.69. The van der Waals surface area contributed by atoms with Crippen LogP contribution in [0.4, 0.5) is 5.69 Å². The molecule has 0 aliphatic rings. The molecule has 5 nitrogen and oxygen atoms in total. The Kier molecular flexibility index (Phi) is 5.64. The number of hydrogen-bond donors (Lipinski definition) is 2. The van der Waals surface area contributed by atoms with Crippen molar-refractivity contribution in [3.8, 4) is 0 Å². The minimum atomic E-state index is -0.213. The lowest BCUT2D eigenvalue weighted by atomic mass is 10.3. The van der Waals surface area contributed by atoms with Gasteiger partial charge in [0.15, 0.2) is 0 Å². The van der Waals surface area contributed by atoms with E-state index in [2.05, 4.69) is 5.32 Å². The highest BCUT2D eigenvalue weighted by Gasteiger charge is 2.12. The van der Waals surface area contributed by atoms with Crippen molar-refractivity contribution in [2.75, 3.05) is 25.4 Å². The van der Waals surface area contributed by atoms with Crippen molar-refractivity contribution in [1.82, 2.24) is 10.2 Å². The second-order valence-electron chi connectivity index (χ2n) is 3.78. The van der Waals surface area contributed by atoms with Crippen molar-refractivity contribution < 1.29 is 9.59 Å². The highest BCUT2D eigenvalue weighted by atomic mass is 32.1. The van der Waals surface area contributed by atoms with Crippen LogP contribution in [0.2, 0.25) is 0 Å². The number of nitrogens with zero attached hydrogens (tertiary/aromatic N) is 1. The van der Waals surface area contributed by atoms with Gasteiger partial charge in [0.2, 0.25) is 5.91 Å². The number of rotatable bonds is 6. The maximum atomic E-state index is 11.7. The normalized spacial score (nSPS) is 10.1. The molecule has 0 aliphatic carbocycles. The summed E-state index contributed by atoms with van der Waals surface area (Å²) in [4.78, 5) is 25.7. The molecule has 0 aromatic carbocycles. The van der Waals surface area contributed by atoms with Crippen LogP contribution in [0.5, 0.6) is 0 Å². The zero-order chi connectivity index (χ0) is 13.5. The molecule has 0 saturated heterocycles. The fourth-order valence-electron chi connectivity index (χ4n) is 1.60. The number of hydrogen-bond acceptors (Lipinski definition) is 4. The third kappa shape index (κ3) is 3.73. The number of nitrogens with one attached hydrogen (secondary N) is 1. The minimum Gasteiger partial charge on any atom is -0.397 e. The maximum Gasteiger partial charge on any atom is 0.263 e. The van der Waals surface area contributed by atoms with E-state index in [4.69, 9.17) is 5.73 Å². The van der Waals surface area contributed by atoms with Gasteiger partial charge in [0.25, 0.3) is 5.91 Å². The van der Waals surface area contributed by atoms with Crippen LogP contribution in [0.15, 0.2) is 11.4 Å². The summed E-state index contributed by atoms with van der Waals surface area (Å²) in [5.41, 5.74) is 6.12. The Morgan fingerprint density at radius 1 is 1.39 bits per heavy atom. The summed E-state index contributed by atoms with van der Waals surface area (Å²) in [7, 11) is 0. The predicted molar refractivity (Wildman–Crippen MR) is 73.6 cm³/mol. The molecule has 0 saturated carbocycles. The number of nitrogens with two attached hydrogens (primary N) is 1. The van der Waals surface area contributed by atoms with E-state index in [0.29, 0.717) is 36.6 Å². The lowest BCUT2D eigenvalue weighted by Gasteiger charge is -2.18. The summed E-state index contributed by atoms with van der Waals surface area (Å²) < 4.78 is 0. The quantitative estimate of drug-likeness (QED) is 0.817.